The number of nitrogens with one attached hydrogen (secondary N) is 1. The Morgan fingerprint density at radius 3 is 2.37 bits per heavy atom. The number of imidazole rings is 1. The zero-order valence-electron chi connectivity index (χ0n) is 16.8. The highest BCUT2D eigenvalue weighted by atomic mass is 16.5. The molecule has 3 rings (SSSR count). The SMILES string of the molecule is CC(=O)[C@H](C)n1c(C[NH+]2C[C@@H](C)O[C@H](C)C2)nc2c1c(=O)n(C)c(=O)n2C. The first-order chi connectivity index (χ1) is 12.6. The maximum atomic E-state index is 12.8. The number of hydrogen-bond donors (Lipinski definition) is 1. The Labute approximate surface area is 157 Å². The molecule has 1 fully saturated rings. The largest absolute Gasteiger partial charge is 0.364 e. The summed E-state index contributed by atoms with van der Waals surface area (Å²) in [5.41, 5.74) is -0.246. The van der Waals surface area contributed by atoms with Crippen molar-refractivity contribution >= 4 is 16.9 Å². The summed E-state index contributed by atoms with van der Waals surface area (Å²) in [6.45, 7) is 9.53. The summed E-state index contributed by atoms with van der Waals surface area (Å²) >= 11 is 0. The monoisotopic (exact) mass is 378 g/mol. The quantitative estimate of drug-likeness (QED) is 0.720. The van der Waals surface area contributed by atoms with Crippen LogP contribution in [-0.2, 0) is 30.2 Å². The molecule has 0 unspecified atom stereocenters. The minimum atomic E-state index is -0.537. The van der Waals surface area contributed by atoms with Crippen LogP contribution in [0.1, 0.15) is 39.6 Å². The predicted molar refractivity (Wildman–Crippen MR) is 100 cm³/mol. The average molecular weight is 378 g/mol. The lowest BCUT2D eigenvalue weighted by atomic mass is 10.2. The summed E-state index contributed by atoms with van der Waals surface area (Å²) in [4.78, 5) is 43.1. The zero-order chi connectivity index (χ0) is 20.0. The minimum Gasteiger partial charge on any atom is -0.364 e. The van der Waals surface area contributed by atoms with Crippen molar-refractivity contribution in [1.82, 2.24) is 18.7 Å². The summed E-state index contributed by atoms with van der Waals surface area (Å²) in [5.74, 6) is 0.576. The van der Waals surface area contributed by atoms with Gasteiger partial charge in [-0.3, -0.25) is 18.7 Å². The number of morpholine rings is 1. The number of ether oxygens (including phenoxy) is 1. The van der Waals surface area contributed by atoms with Gasteiger partial charge >= 0.3 is 5.69 Å². The number of nitrogens with zero attached hydrogens (tertiary/aromatic N) is 4. The molecule has 0 bridgehead atoms. The molecule has 2 aromatic rings. The van der Waals surface area contributed by atoms with Gasteiger partial charge in [-0.25, -0.2) is 9.78 Å². The second-order valence-corrected chi connectivity index (χ2v) is 7.65. The second-order valence-electron chi connectivity index (χ2n) is 7.65. The molecule has 0 aromatic carbocycles. The van der Waals surface area contributed by atoms with Gasteiger partial charge in [0, 0.05) is 14.1 Å². The summed E-state index contributed by atoms with van der Waals surface area (Å²) in [6.07, 6.45) is 0.257. The first-order valence-corrected chi connectivity index (χ1v) is 9.28. The highest BCUT2D eigenvalue weighted by Crippen LogP contribution is 2.18. The fourth-order valence-corrected chi connectivity index (χ4v) is 3.94. The molecule has 3 heterocycles. The minimum absolute atomic E-state index is 0.0647. The van der Waals surface area contributed by atoms with Gasteiger partial charge in [0.2, 0.25) is 0 Å². The van der Waals surface area contributed by atoms with E-state index in [1.165, 1.54) is 23.4 Å². The van der Waals surface area contributed by atoms with E-state index in [1.54, 1.807) is 18.5 Å². The lowest BCUT2D eigenvalue weighted by Crippen LogP contribution is -3.14. The van der Waals surface area contributed by atoms with Crippen LogP contribution in [-0.4, -0.2) is 49.8 Å². The predicted octanol–water partition coefficient (Wildman–Crippen LogP) is -1.22. The summed E-state index contributed by atoms with van der Waals surface area (Å²) in [7, 11) is 3.03. The molecule has 9 nitrogen and oxygen atoms in total. The van der Waals surface area contributed by atoms with Crippen molar-refractivity contribution in [2.24, 2.45) is 14.1 Å². The number of aromatic nitrogens is 4. The number of Topliss-reactive ketones (excluding diaryl/α,β-unsaturated/α-hetero) is 1. The van der Waals surface area contributed by atoms with Crippen LogP contribution in [0.2, 0.25) is 0 Å². The molecule has 1 saturated heterocycles. The number of hydrogen-bond acceptors (Lipinski definition) is 5. The molecule has 0 spiro atoms. The standard InChI is InChI=1S/C18H27N5O4/c1-10-7-22(8-11(2)27-10)9-14-19-16-15(23(14)12(3)13(4)24)17(25)21(6)18(26)20(16)5/h10-12H,7-9H2,1-6H3/p+1/t10-,11-,12+/m1/s1. The molecule has 0 saturated carbocycles. The number of quaternary nitrogens is 1. The molecule has 0 aliphatic carbocycles. The van der Waals surface area contributed by atoms with E-state index in [2.05, 4.69) is 4.98 Å². The lowest BCUT2D eigenvalue weighted by Gasteiger charge is -2.32. The molecule has 1 N–H and O–H groups in total. The third-order valence-electron chi connectivity index (χ3n) is 5.37. The molecule has 1 aliphatic heterocycles. The fourth-order valence-electron chi connectivity index (χ4n) is 3.94. The number of carbonyl (C=O) groups excluding carboxylic acids is 1. The van der Waals surface area contributed by atoms with Gasteiger partial charge in [0.05, 0.1) is 6.04 Å². The van der Waals surface area contributed by atoms with E-state index in [0.717, 1.165) is 17.7 Å². The summed E-state index contributed by atoms with van der Waals surface area (Å²) < 4.78 is 9.93. The van der Waals surface area contributed by atoms with Gasteiger partial charge in [-0.15, -0.1) is 0 Å². The number of fused-ring (bicyclic) bond motifs is 1. The molecule has 3 atom stereocenters. The van der Waals surface area contributed by atoms with Gasteiger partial charge < -0.3 is 14.2 Å². The van der Waals surface area contributed by atoms with Gasteiger partial charge in [0.1, 0.15) is 31.8 Å². The number of aryl methyl sites for hydroxylation is 1. The van der Waals surface area contributed by atoms with Crippen LogP contribution in [0, 0.1) is 0 Å². The summed E-state index contributed by atoms with van der Waals surface area (Å²) in [6, 6.07) is -0.537. The number of rotatable bonds is 4. The van der Waals surface area contributed by atoms with Gasteiger partial charge in [-0.05, 0) is 27.7 Å². The van der Waals surface area contributed by atoms with Gasteiger partial charge in [0.15, 0.2) is 22.8 Å². The Balaban J connectivity index is 2.20. The van der Waals surface area contributed by atoms with Crippen LogP contribution in [0.15, 0.2) is 9.59 Å². The molecule has 9 heteroatoms. The highest BCUT2D eigenvalue weighted by molar-refractivity contribution is 5.82. The van der Waals surface area contributed by atoms with Crippen molar-refractivity contribution in [2.45, 2.75) is 52.5 Å². The Morgan fingerprint density at radius 2 is 1.81 bits per heavy atom. The Morgan fingerprint density at radius 1 is 1.22 bits per heavy atom. The first-order valence-electron chi connectivity index (χ1n) is 9.28. The molecule has 2 aromatic heterocycles. The van der Waals surface area contributed by atoms with Gasteiger partial charge in [-0.2, -0.15) is 0 Å². The van der Waals surface area contributed by atoms with Gasteiger partial charge in [-0.1, -0.05) is 0 Å². The number of carbonyl (C=O) groups is 1. The van der Waals surface area contributed by atoms with Gasteiger partial charge in [0.25, 0.3) is 5.56 Å². The van der Waals surface area contributed by atoms with Crippen LogP contribution >= 0.6 is 0 Å². The Hall–Kier alpha value is -2.26. The van der Waals surface area contributed by atoms with Crippen molar-refractivity contribution in [3.05, 3.63) is 26.7 Å². The molecule has 0 radical (unpaired) electrons. The second kappa shape index (κ2) is 7.05. The maximum Gasteiger partial charge on any atom is 0.332 e. The molecule has 148 valence electrons. The Kier molecular flexibility index (Phi) is 5.09. The fraction of sp³-hybridized carbons (Fsp3) is 0.667. The van der Waals surface area contributed by atoms with Crippen LogP contribution < -0.4 is 16.1 Å². The van der Waals surface area contributed by atoms with Crippen molar-refractivity contribution in [3.8, 4) is 0 Å². The smallest absolute Gasteiger partial charge is 0.332 e. The van der Waals surface area contributed by atoms with Crippen LogP contribution in [0.4, 0.5) is 0 Å². The number of ketones is 1. The topological polar surface area (TPSA) is 92.6 Å². The molecular formula is C18H28N5O4+. The normalized spacial score (nSPS) is 24.3. The van der Waals surface area contributed by atoms with E-state index in [0.29, 0.717) is 23.5 Å². The van der Waals surface area contributed by atoms with Crippen molar-refractivity contribution in [3.63, 3.8) is 0 Å². The maximum absolute atomic E-state index is 12.8. The first kappa shape index (κ1) is 19.5. The molecular weight excluding hydrogens is 350 g/mol. The van der Waals surface area contributed by atoms with Crippen LogP contribution in [0.3, 0.4) is 0 Å². The van der Waals surface area contributed by atoms with E-state index in [9.17, 15) is 14.4 Å². The average Bonchev–Trinajstić information content (AvgIpc) is 2.95. The van der Waals surface area contributed by atoms with Crippen molar-refractivity contribution < 1.29 is 14.4 Å². The molecule has 27 heavy (non-hydrogen) atoms. The van der Waals surface area contributed by atoms with Crippen LogP contribution in [0.5, 0.6) is 0 Å². The molecule has 0 amide bonds. The van der Waals surface area contributed by atoms with E-state index < -0.39 is 17.3 Å². The van der Waals surface area contributed by atoms with E-state index >= 15 is 0 Å². The summed E-state index contributed by atoms with van der Waals surface area (Å²) in [5, 5.41) is 0. The van der Waals surface area contributed by atoms with E-state index in [4.69, 9.17) is 4.74 Å². The van der Waals surface area contributed by atoms with Crippen LogP contribution in [0.25, 0.3) is 11.2 Å². The highest BCUT2D eigenvalue weighted by Gasteiger charge is 2.30. The van der Waals surface area contributed by atoms with Crippen molar-refractivity contribution in [1.29, 1.82) is 0 Å². The van der Waals surface area contributed by atoms with Crippen molar-refractivity contribution in [2.75, 3.05) is 13.1 Å². The third-order valence-corrected chi connectivity index (χ3v) is 5.37. The van der Waals surface area contributed by atoms with E-state index in [-0.39, 0.29) is 18.0 Å². The Bertz CT molecular complexity index is 992. The zero-order valence-corrected chi connectivity index (χ0v) is 16.8. The van der Waals surface area contributed by atoms with E-state index in [1.807, 2.05) is 13.8 Å². The lowest BCUT2D eigenvalue weighted by molar-refractivity contribution is -0.929. The third kappa shape index (κ3) is 3.37. The molecule has 1 aliphatic rings.